The number of hydrogen-bond donors (Lipinski definition) is 0. The Bertz CT molecular complexity index is 1440. The molecule has 0 radical (unpaired) electrons. The lowest BCUT2D eigenvalue weighted by atomic mass is 10.1. The fraction of sp³-hybridized carbons (Fsp3) is 0.179. The molecule has 38 heavy (non-hydrogen) atoms. The minimum absolute atomic E-state index is 0.00273. The summed E-state index contributed by atoms with van der Waals surface area (Å²) in [7, 11) is 8.58. The SMILES string of the molecule is COc1cc(/C=N/c2nc(-c3ccc(N(C)C)cc3)cc(-c3ccc([N+](=O)[O-])cc3)n2)cc(OC)c1OC. The van der Waals surface area contributed by atoms with Crippen LogP contribution in [0.5, 0.6) is 17.2 Å². The van der Waals surface area contributed by atoms with Crippen molar-refractivity contribution in [2.45, 2.75) is 0 Å². The second kappa shape index (κ2) is 11.4. The van der Waals surface area contributed by atoms with Crippen LogP contribution in [0.4, 0.5) is 17.3 Å². The van der Waals surface area contributed by atoms with E-state index in [1.807, 2.05) is 49.3 Å². The summed E-state index contributed by atoms with van der Waals surface area (Å²) in [6, 6.07) is 19.5. The van der Waals surface area contributed by atoms with Gasteiger partial charge in [0.1, 0.15) is 0 Å². The lowest BCUT2D eigenvalue weighted by Crippen LogP contribution is -2.07. The van der Waals surface area contributed by atoms with E-state index in [2.05, 4.69) is 15.0 Å². The number of rotatable bonds is 9. The van der Waals surface area contributed by atoms with Crippen LogP contribution < -0.4 is 19.1 Å². The third-order valence-corrected chi connectivity index (χ3v) is 5.78. The van der Waals surface area contributed by atoms with E-state index >= 15 is 0 Å². The first-order chi connectivity index (χ1) is 18.3. The number of nitrogens with zero attached hydrogens (tertiary/aromatic N) is 5. The van der Waals surface area contributed by atoms with Gasteiger partial charge < -0.3 is 19.1 Å². The zero-order valence-corrected chi connectivity index (χ0v) is 21.7. The summed E-state index contributed by atoms with van der Waals surface area (Å²) in [5, 5.41) is 11.1. The van der Waals surface area contributed by atoms with E-state index in [0.29, 0.717) is 39.8 Å². The van der Waals surface area contributed by atoms with Crippen molar-refractivity contribution in [1.82, 2.24) is 9.97 Å². The first-order valence-electron chi connectivity index (χ1n) is 11.6. The Hall–Kier alpha value is -4.99. The molecular formula is C28H27N5O5. The topological polar surface area (TPSA) is 112 Å². The summed E-state index contributed by atoms with van der Waals surface area (Å²) >= 11 is 0. The van der Waals surface area contributed by atoms with Crippen molar-refractivity contribution in [3.63, 3.8) is 0 Å². The number of methoxy groups -OCH3 is 3. The summed E-state index contributed by atoms with van der Waals surface area (Å²) in [5.74, 6) is 1.69. The van der Waals surface area contributed by atoms with Gasteiger partial charge in [0.2, 0.25) is 11.7 Å². The molecule has 0 atom stereocenters. The highest BCUT2D eigenvalue weighted by atomic mass is 16.6. The summed E-state index contributed by atoms with van der Waals surface area (Å²) in [5.41, 5.74) is 4.58. The van der Waals surface area contributed by atoms with Crippen LogP contribution in [0.1, 0.15) is 5.56 Å². The molecular weight excluding hydrogens is 486 g/mol. The molecule has 0 saturated heterocycles. The van der Waals surface area contributed by atoms with Crippen LogP contribution in [0.3, 0.4) is 0 Å². The second-order valence-corrected chi connectivity index (χ2v) is 8.40. The average molecular weight is 514 g/mol. The molecule has 3 aromatic carbocycles. The fourth-order valence-corrected chi connectivity index (χ4v) is 3.78. The van der Waals surface area contributed by atoms with Gasteiger partial charge in [-0.25, -0.2) is 15.0 Å². The van der Waals surface area contributed by atoms with Gasteiger partial charge in [-0.2, -0.15) is 0 Å². The number of benzene rings is 3. The molecule has 1 aromatic heterocycles. The van der Waals surface area contributed by atoms with Gasteiger partial charge in [0, 0.05) is 54.8 Å². The molecule has 4 rings (SSSR count). The van der Waals surface area contributed by atoms with Crippen LogP contribution in [0.2, 0.25) is 0 Å². The van der Waals surface area contributed by atoms with E-state index in [1.165, 1.54) is 19.2 Å². The first kappa shape index (κ1) is 26.1. The van der Waals surface area contributed by atoms with E-state index < -0.39 is 4.92 Å². The van der Waals surface area contributed by atoms with Crippen LogP contribution in [-0.4, -0.2) is 56.5 Å². The van der Waals surface area contributed by atoms with Gasteiger partial charge in [-0.3, -0.25) is 10.1 Å². The van der Waals surface area contributed by atoms with Gasteiger partial charge in [0.05, 0.1) is 37.6 Å². The van der Waals surface area contributed by atoms with Gasteiger partial charge in [0.25, 0.3) is 5.69 Å². The molecule has 0 saturated carbocycles. The van der Waals surface area contributed by atoms with Gasteiger partial charge in [0.15, 0.2) is 11.5 Å². The summed E-state index contributed by atoms with van der Waals surface area (Å²) in [4.78, 5) is 26.5. The smallest absolute Gasteiger partial charge is 0.269 e. The fourth-order valence-electron chi connectivity index (χ4n) is 3.78. The second-order valence-electron chi connectivity index (χ2n) is 8.40. The predicted molar refractivity (Wildman–Crippen MR) is 147 cm³/mol. The lowest BCUT2D eigenvalue weighted by molar-refractivity contribution is -0.384. The van der Waals surface area contributed by atoms with Crippen LogP contribution in [0.25, 0.3) is 22.5 Å². The van der Waals surface area contributed by atoms with Gasteiger partial charge in [-0.05, 0) is 42.5 Å². The third-order valence-electron chi connectivity index (χ3n) is 5.78. The minimum atomic E-state index is -0.436. The Balaban J connectivity index is 1.79. The van der Waals surface area contributed by atoms with E-state index in [-0.39, 0.29) is 11.6 Å². The van der Waals surface area contributed by atoms with E-state index in [1.54, 1.807) is 44.7 Å². The average Bonchev–Trinajstić information content (AvgIpc) is 2.95. The van der Waals surface area contributed by atoms with Crippen molar-refractivity contribution in [3.8, 4) is 39.8 Å². The number of non-ortho nitro benzene ring substituents is 1. The van der Waals surface area contributed by atoms with Crippen molar-refractivity contribution in [3.05, 3.63) is 82.4 Å². The third kappa shape index (κ3) is 5.70. The highest BCUT2D eigenvalue weighted by Crippen LogP contribution is 2.38. The van der Waals surface area contributed by atoms with Crippen molar-refractivity contribution >= 4 is 23.5 Å². The maximum Gasteiger partial charge on any atom is 0.269 e. The zero-order valence-electron chi connectivity index (χ0n) is 21.7. The Labute approximate surface area is 220 Å². The molecule has 0 aliphatic rings. The Morgan fingerprint density at radius 3 is 1.79 bits per heavy atom. The number of nitro benzene ring substituents is 1. The summed E-state index contributed by atoms with van der Waals surface area (Å²) in [6.07, 6.45) is 1.61. The van der Waals surface area contributed by atoms with Crippen molar-refractivity contribution < 1.29 is 19.1 Å². The molecule has 1 heterocycles. The van der Waals surface area contributed by atoms with Crippen molar-refractivity contribution in [1.29, 1.82) is 0 Å². The Morgan fingerprint density at radius 2 is 1.34 bits per heavy atom. The van der Waals surface area contributed by atoms with Gasteiger partial charge in [-0.1, -0.05) is 12.1 Å². The molecule has 0 bridgehead atoms. The number of aromatic nitrogens is 2. The first-order valence-corrected chi connectivity index (χ1v) is 11.6. The van der Waals surface area contributed by atoms with Crippen LogP contribution in [0.15, 0.2) is 71.7 Å². The van der Waals surface area contributed by atoms with Crippen LogP contribution in [-0.2, 0) is 0 Å². The molecule has 194 valence electrons. The largest absolute Gasteiger partial charge is 0.493 e. The molecule has 0 spiro atoms. The van der Waals surface area contributed by atoms with Crippen molar-refractivity contribution in [2.75, 3.05) is 40.3 Å². The molecule has 0 unspecified atom stereocenters. The monoisotopic (exact) mass is 513 g/mol. The number of anilines is 1. The van der Waals surface area contributed by atoms with E-state index in [0.717, 1.165) is 11.3 Å². The van der Waals surface area contributed by atoms with E-state index in [4.69, 9.17) is 14.2 Å². The minimum Gasteiger partial charge on any atom is -0.493 e. The molecule has 0 amide bonds. The number of aliphatic imine (C=N–C) groups is 1. The number of hydrogen-bond acceptors (Lipinski definition) is 9. The van der Waals surface area contributed by atoms with Crippen LogP contribution in [0, 0.1) is 10.1 Å². The van der Waals surface area contributed by atoms with Crippen molar-refractivity contribution in [2.24, 2.45) is 4.99 Å². The highest BCUT2D eigenvalue weighted by molar-refractivity contribution is 5.84. The molecule has 0 aliphatic heterocycles. The van der Waals surface area contributed by atoms with Crippen LogP contribution >= 0.6 is 0 Å². The molecule has 10 nitrogen and oxygen atoms in total. The van der Waals surface area contributed by atoms with Gasteiger partial charge in [-0.15, -0.1) is 0 Å². The maximum absolute atomic E-state index is 11.1. The molecule has 0 fully saturated rings. The Kier molecular flexibility index (Phi) is 7.81. The summed E-state index contributed by atoms with van der Waals surface area (Å²) < 4.78 is 16.2. The lowest BCUT2D eigenvalue weighted by Gasteiger charge is -2.13. The molecule has 10 heteroatoms. The highest BCUT2D eigenvalue weighted by Gasteiger charge is 2.14. The Morgan fingerprint density at radius 1 is 0.816 bits per heavy atom. The number of ether oxygens (including phenoxy) is 3. The van der Waals surface area contributed by atoms with E-state index in [9.17, 15) is 10.1 Å². The van der Waals surface area contributed by atoms with Gasteiger partial charge >= 0.3 is 0 Å². The maximum atomic E-state index is 11.1. The normalized spacial score (nSPS) is 10.9. The zero-order chi connectivity index (χ0) is 27.2. The standard InChI is InChI=1S/C28H27N5O5/c1-32(2)21-10-6-19(7-11-21)23-16-24(20-8-12-22(13-9-20)33(34)35)31-28(30-23)29-17-18-14-25(36-3)27(38-5)26(15-18)37-4/h6-17H,1-5H3/b29-17+. The molecule has 4 aromatic rings. The summed E-state index contributed by atoms with van der Waals surface area (Å²) in [6.45, 7) is 0. The predicted octanol–water partition coefficient (Wildman–Crippen LogP) is 5.56. The molecule has 0 N–H and O–H groups in total. The number of nitro groups is 1. The quantitative estimate of drug-likeness (QED) is 0.162. The molecule has 0 aliphatic carbocycles.